The summed E-state index contributed by atoms with van der Waals surface area (Å²) in [6, 6.07) is 3.67. The molecule has 0 aliphatic heterocycles. The third-order valence-electron chi connectivity index (χ3n) is 2.33. The average molecular weight is 188 g/mol. The summed E-state index contributed by atoms with van der Waals surface area (Å²) in [6.07, 6.45) is 3.03. The molecule has 3 rings (SSSR count). The summed E-state index contributed by atoms with van der Waals surface area (Å²) in [5, 5.41) is 1.71. The number of hydrogen-bond acceptors (Lipinski definition) is 4. The summed E-state index contributed by atoms with van der Waals surface area (Å²) >= 11 is 0. The maximum absolute atomic E-state index is 5.71. The highest BCUT2D eigenvalue weighted by Crippen LogP contribution is 2.31. The highest BCUT2D eigenvalue weighted by Gasteiger charge is 2.08. The Bertz CT molecular complexity index is 565. The first-order valence-corrected chi connectivity index (χ1v) is 4.19. The first-order chi connectivity index (χ1) is 6.75. The molecule has 14 heavy (non-hydrogen) atoms. The van der Waals surface area contributed by atoms with E-state index in [9.17, 15) is 0 Å². The molecule has 4 N–H and O–H groups in total. The molecular weight excluding hydrogens is 180 g/mol. The van der Waals surface area contributed by atoms with Crippen molar-refractivity contribution >= 4 is 33.3 Å². The number of benzene rings is 1. The molecule has 0 amide bonds. The third-order valence-corrected chi connectivity index (χ3v) is 2.33. The van der Waals surface area contributed by atoms with Crippen LogP contribution in [0.3, 0.4) is 0 Å². The Labute approximate surface area is 79.1 Å². The van der Waals surface area contributed by atoms with Gasteiger partial charge in [0.1, 0.15) is 23.7 Å². The van der Waals surface area contributed by atoms with E-state index in [4.69, 9.17) is 20.3 Å². The summed E-state index contributed by atoms with van der Waals surface area (Å²) in [5.74, 6) is 0. The molecule has 1 aromatic carbocycles. The fourth-order valence-electron chi connectivity index (χ4n) is 1.59. The molecule has 0 spiro atoms. The Hall–Kier alpha value is -2.10. The van der Waals surface area contributed by atoms with Crippen LogP contribution in [-0.2, 0) is 0 Å². The molecule has 0 fully saturated rings. The molecule has 4 heteroatoms. The molecule has 2 heterocycles. The van der Waals surface area contributed by atoms with Gasteiger partial charge in [0, 0.05) is 10.8 Å². The van der Waals surface area contributed by atoms with E-state index >= 15 is 0 Å². The van der Waals surface area contributed by atoms with Crippen LogP contribution in [0.2, 0.25) is 0 Å². The van der Waals surface area contributed by atoms with Gasteiger partial charge in [0.2, 0.25) is 0 Å². The van der Waals surface area contributed by atoms with Gasteiger partial charge in [0.25, 0.3) is 0 Å². The normalized spacial score (nSPS) is 11.4. The quantitative estimate of drug-likeness (QED) is 0.567. The van der Waals surface area contributed by atoms with Crippen molar-refractivity contribution < 1.29 is 8.83 Å². The highest BCUT2D eigenvalue weighted by molar-refractivity contribution is 6.02. The van der Waals surface area contributed by atoms with Gasteiger partial charge in [-0.1, -0.05) is 0 Å². The number of anilines is 2. The number of fused-ring (bicyclic) bond motifs is 2. The van der Waals surface area contributed by atoms with Crippen LogP contribution in [0.1, 0.15) is 0 Å². The van der Waals surface area contributed by atoms with Gasteiger partial charge in [0.05, 0.1) is 11.4 Å². The smallest absolute Gasteiger partial charge is 0.136 e. The number of hydrogen-bond donors (Lipinski definition) is 2. The van der Waals surface area contributed by atoms with Gasteiger partial charge >= 0.3 is 0 Å². The first kappa shape index (κ1) is 7.32. The van der Waals surface area contributed by atoms with Crippen molar-refractivity contribution in [2.75, 3.05) is 11.5 Å². The van der Waals surface area contributed by atoms with Crippen molar-refractivity contribution in [2.24, 2.45) is 0 Å². The SMILES string of the molecule is Nc1coc2cc3c(N)coc3cc12. The monoisotopic (exact) mass is 188 g/mol. The summed E-state index contributed by atoms with van der Waals surface area (Å²) in [6.45, 7) is 0. The topological polar surface area (TPSA) is 78.3 Å². The average Bonchev–Trinajstić information content (AvgIpc) is 2.71. The van der Waals surface area contributed by atoms with Gasteiger partial charge < -0.3 is 20.3 Å². The van der Waals surface area contributed by atoms with E-state index in [0.29, 0.717) is 11.4 Å². The maximum Gasteiger partial charge on any atom is 0.136 e. The Morgan fingerprint density at radius 2 is 1.21 bits per heavy atom. The van der Waals surface area contributed by atoms with Crippen molar-refractivity contribution in [2.45, 2.75) is 0 Å². The molecule has 0 saturated heterocycles. The summed E-state index contributed by atoms with van der Waals surface area (Å²) < 4.78 is 10.5. The van der Waals surface area contributed by atoms with Crippen LogP contribution < -0.4 is 11.5 Å². The zero-order valence-corrected chi connectivity index (χ0v) is 7.28. The molecule has 0 aliphatic carbocycles. The van der Waals surface area contributed by atoms with Gasteiger partial charge in [-0.3, -0.25) is 0 Å². The summed E-state index contributed by atoms with van der Waals surface area (Å²) in [4.78, 5) is 0. The molecule has 2 aromatic heterocycles. The van der Waals surface area contributed by atoms with Crippen molar-refractivity contribution in [1.29, 1.82) is 0 Å². The fourth-order valence-corrected chi connectivity index (χ4v) is 1.59. The minimum atomic E-state index is 0.608. The largest absolute Gasteiger partial charge is 0.462 e. The number of nitrogen functional groups attached to an aromatic ring is 2. The lowest BCUT2D eigenvalue weighted by atomic mass is 10.2. The lowest BCUT2D eigenvalue weighted by Gasteiger charge is -1.91. The van der Waals surface area contributed by atoms with Crippen LogP contribution in [0.15, 0.2) is 33.5 Å². The van der Waals surface area contributed by atoms with Crippen molar-refractivity contribution in [3.8, 4) is 0 Å². The molecule has 0 bridgehead atoms. The van der Waals surface area contributed by atoms with E-state index in [1.54, 1.807) is 0 Å². The molecule has 0 aliphatic rings. The molecule has 0 unspecified atom stereocenters. The standard InChI is InChI=1S/C10H8N2O2/c11-7-3-14-10-2-6-8(12)4-13-9(6)1-5(7)10/h1-4H,11-12H2. The number of nitrogens with two attached hydrogens (primary N) is 2. The maximum atomic E-state index is 5.71. The Balaban J connectivity index is 2.56. The number of rotatable bonds is 0. The van der Waals surface area contributed by atoms with Crippen LogP contribution in [0, 0.1) is 0 Å². The zero-order valence-electron chi connectivity index (χ0n) is 7.28. The van der Waals surface area contributed by atoms with E-state index in [2.05, 4.69) is 0 Å². The molecule has 0 radical (unpaired) electrons. The summed E-state index contributed by atoms with van der Waals surface area (Å²) in [7, 11) is 0. The lowest BCUT2D eigenvalue weighted by molar-refractivity contribution is 0.613. The lowest BCUT2D eigenvalue weighted by Crippen LogP contribution is -1.81. The van der Waals surface area contributed by atoms with Crippen molar-refractivity contribution in [1.82, 2.24) is 0 Å². The molecule has 0 saturated carbocycles. The Kier molecular flexibility index (Phi) is 1.16. The van der Waals surface area contributed by atoms with Crippen LogP contribution in [0.25, 0.3) is 21.9 Å². The van der Waals surface area contributed by atoms with Crippen molar-refractivity contribution in [3.63, 3.8) is 0 Å². The summed E-state index contributed by atoms with van der Waals surface area (Å²) in [5.41, 5.74) is 14.1. The minimum Gasteiger partial charge on any atom is -0.462 e. The Morgan fingerprint density at radius 1 is 0.786 bits per heavy atom. The molecule has 3 aromatic rings. The number of furan rings is 2. The molecule has 4 nitrogen and oxygen atoms in total. The van der Waals surface area contributed by atoms with Gasteiger partial charge in [-0.05, 0) is 12.1 Å². The Morgan fingerprint density at radius 3 is 1.64 bits per heavy atom. The first-order valence-electron chi connectivity index (χ1n) is 4.19. The second-order valence-corrected chi connectivity index (χ2v) is 3.23. The second kappa shape index (κ2) is 2.23. The van der Waals surface area contributed by atoms with Gasteiger partial charge in [0.15, 0.2) is 0 Å². The molecule has 70 valence electrons. The van der Waals surface area contributed by atoms with E-state index in [-0.39, 0.29) is 0 Å². The minimum absolute atomic E-state index is 0.608. The van der Waals surface area contributed by atoms with Crippen LogP contribution in [0.5, 0.6) is 0 Å². The molecular formula is C10H8N2O2. The van der Waals surface area contributed by atoms with E-state index in [0.717, 1.165) is 21.9 Å². The predicted octanol–water partition coefficient (Wildman–Crippen LogP) is 2.34. The van der Waals surface area contributed by atoms with Crippen LogP contribution in [-0.4, -0.2) is 0 Å². The molecule has 0 atom stereocenters. The predicted molar refractivity (Wildman–Crippen MR) is 54.8 cm³/mol. The van der Waals surface area contributed by atoms with Crippen molar-refractivity contribution in [3.05, 3.63) is 24.7 Å². The van der Waals surface area contributed by atoms with Crippen LogP contribution >= 0.6 is 0 Å². The highest BCUT2D eigenvalue weighted by atomic mass is 16.3. The van der Waals surface area contributed by atoms with E-state index < -0.39 is 0 Å². The van der Waals surface area contributed by atoms with E-state index in [1.807, 2.05) is 12.1 Å². The fraction of sp³-hybridized carbons (Fsp3) is 0. The second-order valence-electron chi connectivity index (χ2n) is 3.23. The van der Waals surface area contributed by atoms with Gasteiger partial charge in [-0.2, -0.15) is 0 Å². The van der Waals surface area contributed by atoms with E-state index in [1.165, 1.54) is 12.5 Å². The third kappa shape index (κ3) is 0.771. The van der Waals surface area contributed by atoms with Crippen LogP contribution in [0.4, 0.5) is 11.4 Å². The van der Waals surface area contributed by atoms with Gasteiger partial charge in [-0.25, -0.2) is 0 Å². The van der Waals surface area contributed by atoms with Gasteiger partial charge in [-0.15, -0.1) is 0 Å². The zero-order chi connectivity index (χ0) is 9.71.